The number of hydrogen-bond acceptors (Lipinski definition) is 4. The third kappa shape index (κ3) is 3.42. The van der Waals surface area contributed by atoms with Crippen LogP contribution in [0.5, 0.6) is 0 Å². The maximum Gasteiger partial charge on any atom is 0.117 e. The molecule has 2 saturated heterocycles. The lowest BCUT2D eigenvalue weighted by Crippen LogP contribution is -2.46. The van der Waals surface area contributed by atoms with Gasteiger partial charge in [-0.1, -0.05) is 6.42 Å². The molecule has 3 heterocycles. The van der Waals surface area contributed by atoms with Crippen LogP contribution in [-0.2, 0) is 11.3 Å². The summed E-state index contributed by atoms with van der Waals surface area (Å²) in [6.45, 7) is 8.12. The van der Waals surface area contributed by atoms with Gasteiger partial charge in [0.1, 0.15) is 5.76 Å². The van der Waals surface area contributed by atoms with Crippen LogP contribution in [0.3, 0.4) is 0 Å². The largest absolute Gasteiger partial charge is 0.468 e. The van der Waals surface area contributed by atoms with Gasteiger partial charge in [0.25, 0.3) is 0 Å². The summed E-state index contributed by atoms with van der Waals surface area (Å²) in [5.74, 6) is 2.75. The second-order valence-electron chi connectivity index (χ2n) is 8.36. The van der Waals surface area contributed by atoms with Gasteiger partial charge in [-0.25, -0.2) is 0 Å². The first-order valence-electron chi connectivity index (χ1n) is 9.73. The third-order valence-corrected chi connectivity index (χ3v) is 6.80. The van der Waals surface area contributed by atoms with Gasteiger partial charge in [0.05, 0.1) is 19.4 Å². The molecule has 24 heavy (non-hydrogen) atoms. The summed E-state index contributed by atoms with van der Waals surface area (Å²) in [5, 5.41) is 0. The van der Waals surface area contributed by atoms with Crippen molar-refractivity contribution in [1.82, 2.24) is 9.80 Å². The smallest absolute Gasteiger partial charge is 0.117 e. The zero-order chi connectivity index (χ0) is 16.4. The van der Waals surface area contributed by atoms with Gasteiger partial charge < -0.3 is 14.1 Å². The Morgan fingerprint density at radius 3 is 2.71 bits per heavy atom. The van der Waals surface area contributed by atoms with E-state index in [1.54, 1.807) is 6.26 Å². The topological polar surface area (TPSA) is 28.9 Å². The van der Waals surface area contributed by atoms with Crippen molar-refractivity contribution < 1.29 is 9.15 Å². The molecule has 3 aliphatic rings. The predicted octanol–water partition coefficient (Wildman–Crippen LogP) is 3.24. The highest BCUT2D eigenvalue weighted by Gasteiger charge is 2.48. The average molecular weight is 332 g/mol. The molecule has 2 aliphatic heterocycles. The molecule has 0 bridgehead atoms. The Labute approximate surface area is 146 Å². The summed E-state index contributed by atoms with van der Waals surface area (Å²) >= 11 is 0. The number of likely N-dealkylation sites (tertiary alicyclic amines) is 2. The number of methoxy groups -OCH3 is 1. The Hall–Kier alpha value is -0.840. The highest BCUT2D eigenvalue weighted by atomic mass is 16.5. The van der Waals surface area contributed by atoms with Gasteiger partial charge >= 0.3 is 0 Å². The van der Waals surface area contributed by atoms with Crippen LogP contribution in [0.4, 0.5) is 0 Å². The summed E-state index contributed by atoms with van der Waals surface area (Å²) in [7, 11) is 1.86. The second-order valence-corrected chi connectivity index (χ2v) is 8.36. The first-order chi connectivity index (χ1) is 11.8. The summed E-state index contributed by atoms with van der Waals surface area (Å²) in [5.41, 5.74) is 0.457. The molecule has 3 fully saturated rings. The van der Waals surface area contributed by atoms with E-state index in [0.29, 0.717) is 11.3 Å². The monoisotopic (exact) mass is 332 g/mol. The van der Waals surface area contributed by atoms with Gasteiger partial charge in [-0.3, -0.25) is 4.90 Å². The number of ether oxygens (including phenoxy) is 1. The highest BCUT2D eigenvalue weighted by molar-refractivity contribution is 5.03. The third-order valence-electron chi connectivity index (χ3n) is 6.80. The van der Waals surface area contributed by atoms with Crippen LogP contribution in [0.15, 0.2) is 22.8 Å². The van der Waals surface area contributed by atoms with E-state index < -0.39 is 0 Å². The van der Waals surface area contributed by atoms with Crippen LogP contribution in [0.1, 0.15) is 37.9 Å². The van der Waals surface area contributed by atoms with Gasteiger partial charge in [-0.2, -0.15) is 0 Å². The Bertz CT molecular complexity index is 504. The van der Waals surface area contributed by atoms with Crippen LogP contribution in [0.25, 0.3) is 0 Å². The molecule has 134 valence electrons. The van der Waals surface area contributed by atoms with Crippen LogP contribution >= 0.6 is 0 Å². The van der Waals surface area contributed by atoms with Crippen molar-refractivity contribution in [2.75, 3.05) is 46.4 Å². The molecule has 1 aliphatic carbocycles. The van der Waals surface area contributed by atoms with Crippen LogP contribution in [-0.4, -0.2) is 56.2 Å². The fraction of sp³-hybridized carbons (Fsp3) is 0.800. The molecule has 1 aromatic rings. The molecular formula is C20H32N2O2. The van der Waals surface area contributed by atoms with E-state index >= 15 is 0 Å². The number of furan rings is 1. The lowest BCUT2D eigenvalue weighted by Gasteiger charge is -2.44. The zero-order valence-corrected chi connectivity index (χ0v) is 15.1. The van der Waals surface area contributed by atoms with Gasteiger partial charge in [0.15, 0.2) is 0 Å². The molecule has 1 aromatic heterocycles. The molecule has 4 heteroatoms. The van der Waals surface area contributed by atoms with Crippen molar-refractivity contribution in [3.63, 3.8) is 0 Å². The Kier molecular flexibility index (Phi) is 4.98. The number of piperidine rings is 1. The van der Waals surface area contributed by atoms with Gasteiger partial charge in [0.2, 0.25) is 0 Å². The van der Waals surface area contributed by atoms with E-state index in [1.807, 2.05) is 13.2 Å². The summed E-state index contributed by atoms with van der Waals surface area (Å²) < 4.78 is 11.2. The average Bonchev–Trinajstić information content (AvgIpc) is 3.15. The number of nitrogens with zero attached hydrogens (tertiary/aromatic N) is 2. The van der Waals surface area contributed by atoms with E-state index in [1.165, 1.54) is 58.3 Å². The van der Waals surface area contributed by atoms with Gasteiger partial charge in [-0.05, 0) is 62.2 Å². The lowest BCUT2D eigenvalue weighted by atomic mass is 9.71. The first kappa shape index (κ1) is 16.6. The van der Waals surface area contributed by atoms with Crippen LogP contribution < -0.4 is 0 Å². The maximum atomic E-state index is 5.59. The molecule has 1 atom stereocenters. The Morgan fingerprint density at radius 2 is 2.08 bits per heavy atom. The minimum Gasteiger partial charge on any atom is -0.468 e. The zero-order valence-electron chi connectivity index (χ0n) is 15.1. The fourth-order valence-corrected chi connectivity index (χ4v) is 5.11. The Balaban J connectivity index is 1.36. The van der Waals surface area contributed by atoms with Crippen molar-refractivity contribution in [2.45, 2.75) is 38.6 Å². The fourth-order valence-electron chi connectivity index (χ4n) is 5.11. The number of rotatable bonds is 6. The van der Waals surface area contributed by atoms with E-state index in [0.717, 1.165) is 31.4 Å². The molecule has 0 N–H and O–H groups in total. The molecule has 0 unspecified atom stereocenters. The van der Waals surface area contributed by atoms with Crippen molar-refractivity contribution in [3.8, 4) is 0 Å². The van der Waals surface area contributed by atoms with Crippen molar-refractivity contribution in [2.24, 2.45) is 17.3 Å². The summed E-state index contributed by atoms with van der Waals surface area (Å²) in [6.07, 6.45) is 8.84. The Morgan fingerprint density at radius 1 is 1.25 bits per heavy atom. The van der Waals surface area contributed by atoms with E-state index in [-0.39, 0.29) is 0 Å². The number of hydrogen-bond donors (Lipinski definition) is 0. The van der Waals surface area contributed by atoms with Crippen LogP contribution in [0.2, 0.25) is 0 Å². The molecule has 4 nitrogen and oxygen atoms in total. The van der Waals surface area contributed by atoms with Crippen molar-refractivity contribution in [1.29, 1.82) is 0 Å². The minimum atomic E-state index is 0.457. The van der Waals surface area contributed by atoms with Crippen LogP contribution in [0, 0.1) is 17.3 Å². The van der Waals surface area contributed by atoms with Crippen molar-refractivity contribution in [3.05, 3.63) is 24.2 Å². The van der Waals surface area contributed by atoms with E-state index in [2.05, 4.69) is 15.9 Å². The summed E-state index contributed by atoms with van der Waals surface area (Å²) in [6, 6.07) is 4.09. The second kappa shape index (κ2) is 7.19. The molecule has 4 rings (SSSR count). The quantitative estimate of drug-likeness (QED) is 0.800. The SMILES string of the molecule is COC[C@H]1CN(Cc2ccco2)CC12CCN(CC1CCC1)CC2. The molecule has 1 saturated carbocycles. The molecule has 0 amide bonds. The van der Waals surface area contributed by atoms with Crippen molar-refractivity contribution >= 4 is 0 Å². The lowest BCUT2D eigenvalue weighted by molar-refractivity contribution is 0.0280. The van der Waals surface area contributed by atoms with E-state index in [9.17, 15) is 0 Å². The van der Waals surface area contributed by atoms with E-state index in [4.69, 9.17) is 9.15 Å². The molecular weight excluding hydrogens is 300 g/mol. The maximum absolute atomic E-state index is 5.59. The molecule has 0 radical (unpaired) electrons. The van der Waals surface area contributed by atoms with Gasteiger partial charge in [0, 0.05) is 32.7 Å². The normalized spacial score (nSPS) is 28.5. The minimum absolute atomic E-state index is 0.457. The van der Waals surface area contributed by atoms with Gasteiger partial charge in [-0.15, -0.1) is 0 Å². The molecule has 1 spiro atoms. The highest BCUT2D eigenvalue weighted by Crippen LogP contribution is 2.45. The first-order valence-corrected chi connectivity index (χ1v) is 9.73. The predicted molar refractivity (Wildman–Crippen MR) is 94.8 cm³/mol. The summed E-state index contributed by atoms with van der Waals surface area (Å²) in [4.78, 5) is 5.32. The standard InChI is InChI=1S/C20H32N2O2/c1-23-15-18-13-22(14-19-6-3-11-24-19)16-20(18)7-9-21(10-8-20)12-17-4-2-5-17/h3,6,11,17-18H,2,4-5,7-10,12-16H2,1H3/t18-/m1/s1. The molecule has 0 aromatic carbocycles.